The Morgan fingerprint density at radius 3 is 2.20 bits per heavy atom. The molecule has 1 amide bonds. The van der Waals surface area contributed by atoms with Gasteiger partial charge >= 0.3 is 18.0 Å². The molecule has 1 N–H and O–H groups in total. The summed E-state index contributed by atoms with van der Waals surface area (Å²) >= 11 is 0. The van der Waals surface area contributed by atoms with Gasteiger partial charge in [-0.05, 0) is 29.8 Å². The molecular formula is C18H17NO6. The van der Waals surface area contributed by atoms with Crippen LogP contribution in [0.1, 0.15) is 15.9 Å². The Kier molecular flexibility index (Phi) is 6.11. The average Bonchev–Trinajstić information content (AvgIpc) is 2.64. The van der Waals surface area contributed by atoms with Crippen LogP contribution >= 0.6 is 0 Å². The predicted octanol–water partition coefficient (Wildman–Crippen LogP) is 2.70. The molecule has 2 aromatic carbocycles. The normalized spacial score (nSPS) is 9.96. The largest absolute Gasteiger partial charge is 0.480 e. The molecule has 0 aliphatic carbocycles. The minimum atomic E-state index is -1.19. The summed E-state index contributed by atoms with van der Waals surface area (Å²) in [5.74, 6) is -1.71. The van der Waals surface area contributed by atoms with Crippen molar-refractivity contribution < 1.29 is 29.0 Å². The molecular weight excluding hydrogens is 326 g/mol. The van der Waals surface area contributed by atoms with Crippen LogP contribution in [0, 0.1) is 0 Å². The first-order valence-electron chi connectivity index (χ1n) is 7.39. The lowest BCUT2D eigenvalue weighted by Gasteiger charge is -2.20. The van der Waals surface area contributed by atoms with Crippen LogP contribution in [0.2, 0.25) is 0 Å². The zero-order chi connectivity index (χ0) is 18.2. The van der Waals surface area contributed by atoms with Gasteiger partial charge in [-0.2, -0.15) is 0 Å². The number of methoxy groups -OCH3 is 1. The van der Waals surface area contributed by atoms with Gasteiger partial charge in [-0.15, -0.1) is 0 Å². The summed E-state index contributed by atoms with van der Waals surface area (Å²) in [7, 11) is 1.26. The van der Waals surface area contributed by atoms with Crippen LogP contribution in [0.25, 0.3) is 0 Å². The Hall–Kier alpha value is -3.35. The molecule has 0 saturated carbocycles. The van der Waals surface area contributed by atoms with Crippen molar-refractivity contribution in [3.63, 3.8) is 0 Å². The number of rotatable bonds is 6. The number of nitrogens with zero attached hydrogens (tertiary/aromatic N) is 1. The second-order valence-corrected chi connectivity index (χ2v) is 5.06. The predicted molar refractivity (Wildman–Crippen MR) is 89.4 cm³/mol. The van der Waals surface area contributed by atoms with Crippen molar-refractivity contribution >= 4 is 23.7 Å². The molecule has 0 heterocycles. The van der Waals surface area contributed by atoms with Crippen LogP contribution in [0.3, 0.4) is 0 Å². The lowest BCUT2D eigenvalue weighted by Crippen LogP contribution is -2.36. The van der Waals surface area contributed by atoms with E-state index in [9.17, 15) is 14.4 Å². The van der Waals surface area contributed by atoms with E-state index < -0.39 is 24.6 Å². The van der Waals surface area contributed by atoms with E-state index >= 15 is 0 Å². The molecule has 0 aromatic heterocycles. The molecule has 0 spiro atoms. The third-order valence-electron chi connectivity index (χ3n) is 3.32. The smallest absolute Gasteiger partial charge is 0.415 e. The van der Waals surface area contributed by atoms with Crippen LogP contribution in [0.5, 0.6) is 0 Å². The lowest BCUT2D eigenvalue weighted by atomic mass is 10.2. The SMILES string of the molecule is COC(=O)c1ccc(N(CC(=O)O)C(=O)OCc2ccccc2)cc1. The van der Waals surface area contributed by atoms with Gasteiger partial charge in [0.1, 0.15) is 13.2 Å². The standard InChI is InChI=1S/C18H17NO6/c1-24-17(22)14-7-9-15(10-8-14)19(11-16(20)21)18(23)25-12-13-5-3-2-4-6-13/h2-10H,11-12H2,1H3,(H,20,21). The number of hydrogen-bond acceptors (Lipinski definition) is 5. The number of aliphatic carboxylic acids is 1. The highest BCUT2D eigenvalue weighted by molar-refractivity contribution is 5.94. The molecule has 7 nitrogen and oxygen atoms in total. The molecule has 130 valence electrons. The van der Waals surface area contributed by atoms with Gasteiger partial charge in [0, 0.05) is 5.69 Å². The van der Waals surface area contributed by atoms with E-state index in [2.05, 4.69) is 4.74 Å². The van der Waals surface area contributed by atoms with Gasteiger partial charge in [-0.25, -0.2) is 9.59 Å². The number of carboxylic acid groups (broad SMARTS) is 1. The second-order valence-electron chi connectivity index (χ2n) is 5.06. The molecule has 0 saturated heterocycles. The number of carbonyl (C=O) groups excluding carboxylic acids is 2. The number of amides is 1. The van der Waals surface area contributed by atoms with Crippen molar-refractivity contribution in [3.8, 4) is 0 Å². The summed E-state index contributed by atoms with van der Waals surface area (Å²) in [5, 5.41) is 9.04. The van der Waals surface area contributed by atoms with Crippen LogP contribution in [0.15, 0.2) is 54.6 Å². The van der Waals surface area contributed by atoms with E-state index in [1.54, 1.807) is 12.1 Å². The van der Waals surface area contributed by atoms with Crippen molar-refractivity contribution in [2.75, 3.05) is 18.6 Å². The molecule has 2 aromatic rings. The summed E-state index contributed by atoms with van der Waals surface area (Å²) in [4.78, 5) is 35.8. The molecule has 0 aliphatic heterocycles. The first-order chi connectivity index (χ1) is 12.0. The van der Waals surface area contributed by atoms with E-state index in [-0.39, 0.29) is 6.61 Å². The van der Waals surface area contributed by atoms with E-state index in [0.29, 0.717) is 11.3 Å². The highest BCUT2D eigenvalue weighted by atomic mass is 16.6. The van der Waals surface area contributed by atoms with Crippen LogP contribution in [0.4, 0.5) is 10.5 Å². The number of carboxylic acids is 1. The third-order valence-corrected chi connectivity index (χ3v) is 3.32. The average molecular weight is 343 g/mol. The van der Waals surface area contributed by atoms with Crippen molar-refractivity contribution in [3.05, 3.63) is 65.7 Å². The quantitative estimate of drug-likeness (QED) is 0.811. The Labute approximate surface area is 144 Å². The number of esters is 1. The minimum absolute atomic E-state index is 0.0238. The molecule has 25 heavy (non-hydrogen) atoms. The topological polar surface area (TPSA) is 93.1 Å². The van der Waals surface area contributed by atoms with Crippen LogP contribution in [-0.2, 0) is 20.9 Å². The van der Waals surface area contributed by atoms with Crippen molar-refractivity contribution in [1.29, 1.82) is 0 Å². The van der Waals surface area contributed by atoms with Crippen molar-refractivity contribution in [2.24, 2.45) is 0 Å². The highest BCUT2D eigenvalue weighted by Crippen LogP contribution is 2.17. The van der Waals surface area contributed by atoms with Crippen molar-refractivity contribution in [2.45, 2.75) is 6.61 Å². The first kappa shape index (κ1) is 18.0. The van der Waals surface area contributed by atoms with Gasteiger partial charge in [-0.1, -0.05) is 30.3 Å². The van der Waals surface area contributed by atoms with Gasteiger partial charge in [0.05, 0.1) is 12.7 Å². The van der Waals surface area contributed by atoms with Crippen LogP contribution < -0.4 is 4.90 Å². The number of hydrogen-bond donors (Lipinski definition) is 1. The van der Waals surface area contributed by atoms with E-state index in [4.69, 9.17) is 9.84 Å². The lowest BCUT2D eigenvalue weighted by molar-refractivity contribution is -0.135. The highest BCUT2D eigenvalue weighted by Gasteiger charge is 2.21. The molecule has 0 aliphatic rings. The van der Waals surface area contributed by atoms with Gasteiger partial charge in [-0.3, -0.25) is 9.69 Å². The maximum atomic E-state index is 12.3. The summed E-state index contributed by atoms with van der Waals surface area (Å²) < 4.78 is 9.77. The summed E-state index contributed by atoms with van der Waals surface area (Å²) in [6.45, 7) is -0.540. The summed E-state index contributed by atoms with van der Waals surface area (Å²) in [6.07, 6.45) is -0.794. The van der Waals surface area contributed by atoms with Gasteiger partial charge < -0.3 is 14.6 Å². The first-order valence-corrected chi connectivity index (χ1v) is 7.39. The minimum Gasteiger partial charge on any atom is -0.480 e. The molecule has 0 fully saturated rings. The second kappa shape index (κ2) is 8.49. The van der Waals surface area contributed by atoms with Gasteiger partial charge in [0.25, 0.3) is 0 Å². The maximum absolute atomic E-state index is 12.3. The molecule has 2 rings (SSSR count). The summed E-state index contributed by atoms with van der Waals surface area (Å²) in [6, 6.07) is 14.8. The Bertz CT molecular complexity index is 742. The molecule has 7 heteroatoms. The Morgan fingerprint density at radius 2 is 1.64 bits per heavy atom. The van der Waals surface area contributed by atoms with E-state index in [1.165, 1.54) is 31.4 Å². The van der Waals surface area contributed by atoms with E-state index in [0.717, 1.165) is 10.5 Å². The fourth-order valence-electron chi connectivity index (χ4n) is 2.09. The maximum Gasteiger partial charge on any atom is 0.415 e. The van der Waals surface area contributed by atoms with E-state index in [1.807, 2.05) is 18.2 Å². The van der Waals surface area contributed by atoms with Gasteiger partial charge in [0.15, 0.2) is 0 Å². The summed E-state index contributed by atoms with van der Waals surface area (Å²) in [5.41, 5.74) is 1.37. The zero-order valence-corrected chi connectivity index (χ0v) is 13.5. The van der Waals surface area contributed by atoms with Crippen LogP contribution in [-0.4, -0.2) is 36.8 Å². The monoisotopic (exact) mass is 343 g/mol. The van der Waals surface area contributed by atoms with Gasteiger partial charge in [0.2, 0.25) is 0 Å². The fraction of sp³-hybridized carbons (Fsp3) is 0.167. The molecule has 0 unspecified atom stereocenters. The Balaban J connectivity index is 2.13. The third kappa shape index (κ3) is 5.07. The van der Waals surface area contributed by atoms with Crippen molar-refractivity contribution in [1.82, 2.24) is 0 Å². The molecule has 0 radical (unpaired) electrons. The fourth-order valence-corrected chi connectivity index (χ4v) is 2.09. The number of ether oxygens (including phenoxy) is 2. The number of anilines is 1. The Morgan fingerprint density at radius 1 is 1.00 bits per heavy atom. The number of carbonyl (C=O) groups is 3. The number of benzene rings is 2. The molecule has 0 atom stereocenters. The molecule has 0 bridgehead atoms. The zero-order valence-electron chi connectivity index (χ0n) is 13.5.